The van der Waals surface area contributed by atoms with Gasteiger partial charge in [-0.1, -0.05) is 60.3 Å². The Kier molecular flexibility index (Phi) is 6.08. The van der Waals surface area contributed by atoms with Crippen molar-refractivity contribution < 1.29 is 4.74 Å². The second-order valence-electron chi connectivity index (χ2n) is 4.95. The Morgan fingerprint density at radius 1 is 0.957 bits per heavy atom. The predicted molar refractivity (Wildman–Crippen MR) is 104 cm³/mol. The molecule has 23 heavy (non-hydrogen) atoms. The maximum Gasteiger partial charge on any atom is 0.118 e. The highest BCUT2D eigenvalue weighted by Gasteiger charge is 2.15. The van der Waals surface area contributed by atoms with Crippen LogP contribution in [0.3, 0.4) is 0 Å². The minimum Gasteiger partial charge on any atom is -0.497 e. The fraction of sp³-hybridized carbons (Fsp3) is 0.158. The van der Waals surface area contributed by atoms with Gasteiger partial charge in [0, 0.05) is 5.75 Å². The van der Waals surface area contributed by atoms with Crippen LogP contribution in [0.5, 0.6) is 5.75 Å². The molecule has 1 unspecified atom stereocenters. The fourth-order valence-corrected chi connectivity index (χ4v) is 5.78. The topological polar surface area (TPSA) is 9.23 Å². The van der Waals surface area contributed by atoms with Crippen molar-refractivity contribution in [3.8, 4) is 5.75 Å². The molecule has 3 aromatic rings. The maximum absolute atomic E-state index is 5.27. The molecule has 4 heteroatoms. The first-order valence-corrected chi connectivity index (χ1v) is 10.2. The lowest BCUT2D eigenvalue weighted by Crippen LogP contribution is -1.91. The highest BCUT2D eigenvalue weighted by molar-refractivity contribution is 8.16. The lowest BCUT2D eigenvalue weighted by atomic mass is 10.2. The Hall–Kier alpha value is -1.36. The summed E-state index contributed by atoms with van der Waals surface area (Å²) in [4.78, 5) is 0. The van der Waals surface area contributed by atoms with Crippen molar-refractivity contribution in [2.75, 3.05) is 7.11 Å². The normalized spacial score (nSPS) is 12.0. The summed E-state index contributed by atoms with van der Waals surface area (Å²) < 4.78 is 7.00. The standard InChI is InChI=1S/C19H18OS3/c1-20-17-11-9-16(10-12-17)19(23-18-8-5-13-21-18)22-14-15-6-3-2-4-7-15/h2-13,19H,14H2,1H3. The Balaban J connectivity index is 1.74. The second kappa shape index (κ2) is 8.48. The van der Waals surface area contributed by atoms with Gasteiger partial charge in [0.25, 0.3) is 0 Å². The molecule has 3 rings (SSSR count). The highest BCUT2D eigenvalue weighted by atomic mass is 32.2. The molecule has 1 nitrogen and oxygen atoms in total. The molecule has 2 aromatic carbocycles. The van der Waals surface area contributed by atoms with Crippen LogP contribution in [0.25, 0.3) is 0 Å². The van der Waals surface area contributed by atoms with Gasteiger partial charge in [-0.05, 0) is 34.7 Å². The molecule has 0 N–H and O–H groups in total. The molecule has 0 saturated carbocycles. The summed E-state index contributed by atoms with van der Waals surface area (Å²) in [7, 11) is 1.71. The number of hydrogen-bond acceptors (Lipinski definition) is 4. The molecule has 0 radical (unpaired) electrons. The van der Waals surface area contributed by atoms with Crippen LogP contribution in [0.15, 0.2) is 76.3 Å². The average Bonchev–Trinajstić information content (AvgIpc) is 3.13. The van der Waals surface area contributed by atoms with E-state index in [1.807, 2.05) is 35.7 Å². The molecular weight excluding hydrogens is 340 g/mol. The number of thiophene rings is 1. The first-order valence-electron chi connectivity index (χ1n) is 7.35. The zero-order valence-corrected chi connectivity index (χ0v) is 15.3. The van der Waals surface area contributed by atoms with Crippen molar-refractivity contribution in [2.24, 2.45) is 0 Å². The van der Waals surface area contributed by atoms with Crippen LogP contribution in [-0.4, -0.2) is 7.11 Å². The molecule has 1 aromatic heterocycles. The van der Waals surface area contributed by atoms with Crippen molar-refractivity contribution in [1.82, 2.24) is 0 Å². The monoisotopic (exact) mass is 358 g/mol. The quantitative estimate of drug-likeness (QED) is 0.353. The van der Waals surface area contributed by atoms with Gasteiger partial charge < -0.3 is 4.74 Å². The minimum absolute atomic E-state index is 0.375. The van der Waals surface area contributed by atoms with Crippen LogP contribution in [0, 0.1) is 0 Å². The van der Waals surface area contributed by atoms with E-state index in [0.717, 1.165) is 11.5 Å². The van der Waals surface area contributed by atoms with Gasteiger partial charge >= 0.3 is 0 Å². The van der Waals surface area contributed by atoms with E-state index in [0.29, 0.717) is 4.58 Å². The zero-order chi connectivity index (χ0) is 15.9. The van der Waals surface area contributed by atoms with Crippen molar-refractivity contribution in [1.29, 1.82) is 0 Å². The number of rotatable bonds is 7. The van der Waals surface area contributed by atoms with Crippen LogP contribution in [0.1, 0.15) is 15.7 Å². The van der Waals surface area contributed by atoms with Gasteiger partial charge in [0.15, 0.2) is 0 Å². The van der Waals surface area contributed by atoms with Crippen molar-refractivity contribution in [2.45, 2.75) is 14.5 Å². The van der Waals surface area contributed by atoms with Crippen LogP contribution in [0.4, 0.5) is 0 Å². The van der Waals surface area contributed by atoms with E-state index in [2.05, 4.69) is 60.0 Å². The largest absolute Gasteiger partial charge is 0.497 e. The van der Waals surface area contributed by atoms with E-state index in [-0.39, 0.29) is 0 Å². The lowest BCUT2D eigenvalue weighted by molar-refractivity contribution is 0.414. The summed E-state index contributed by atoms with van der Waals surface area (Å²) in [5.74, 6) is 1.91. The van der Waals surface area contributed by atoms with E-state index in [1.165, 1.54) is 15.3 Å². The zero-order valence-electron chi connectivity index (χ0n) is 12.8. The number of benzene rings is 2. The third-order valence-corrected chi connectivity index (χ3v) is 7.22. The molecule has 0 bridgehead atoms. The summed E-state index contributed by atoms with van der Waals surface area (Å²) in [5.41, 5.74) is 2.69. The molecule has 0 aliphatic heterocycles. The maximum atomic E-state index is 5.27. The van der Waals surface area contributed by atoms with Crippen LogP contribution in [0.2, 0.25) is 0 Å². The van der Waals surface area contributed by atoms with E-state index in [1.54, 1.807) is 18.4 Å². The smallest absolute Gasteiger partial charge is 0.118 e. The van der Waals surface area contributed by atoms with E-state index in [4.69, 9.17) is 4.74 Å². The van der Waals surface area contributed by atoms with Gasteiger partial charge in [-0.3, -0.25) is 0 Å². The molecule has 0 aliphatic carbocycles. The van der Waals surface area contributed by atoms with Crippen LogP contribution in [-0.2, 0) is 5.75 Å². The predicted octanol–water partition coefficient (Wildman–Crippen LogP) is 6.48. The SMILES string of the molecule is COc1ccc(C(SCc2ccccc2)Sc2cccs2)cc1. The molecule has 1 heterocycles. The van der Waals surface area contributed by atoms with Crippen LogP contribution < -0.4 is 4.74 Å². The molecular formula is C19H18OS3. The third-order valence-electron chi connectivity index (χ3n) is 3.35. The summed E-state index contributed by atoms with van der Waals surface area (Å²) in [5, 5.41) is 2.13. The molecule has 0 fully saturated rings. The van der Waals surface area contributed by atoms with Gasteiger partial charge in [0.1, 0.15) is 5.75 Å². The van der Waals surface area contributed by atoms with E-state index < -0.39 is 0 Å². The van der Waals surface area contributed by atoms with Gasteiger partial charge in [0.2, 0.25) is 0 Å². The first-order chi connectivity index (χ1) is 11.3. The Morgan fingerprint density at radius 3 is 2.39 bits per heavy atom. The third kappa shape index (κ3) is 4.80. The van der Waals surface area contributed by atoms with Gasteiger partial charge in [0.05, 0.1) is 15.9 Å². The highest BCUT2D eigenvalue weighted by Crippen LogP contribution is 2.46. The Bertz CT molecular complexity index is 693. The number of hydrogen-bond donors (Lipinski definition) is 0. The minimum atomic E-state index is 0.375. The first kappa shape index (κ1) is 16.5. The Labute approximate surface area is 150 Å². The number of thioether (sulfide) groups is 2. The van der Waals surface area contributed by atoms with Gasteiger partial charge in [-0.2, -0.15) is 0 Å². The van der Waals surface area contributed by atoms with Crippen molar-refractivity contribution in [3.63, 3.8) is 0 Å². The summed E-state index contributed by atoms with van der Waals surface area (Å²) in [6, 6.07) is 23.4. The van der Waals surface area contributed by atoms with Crippen molar-refractivity contribution >= 4 is 34.9 Å². The summed E-state index contributed by atoms with van der Waals surface area (Å²) >= 11 is 5.69. The number of ether oxygens (including phenoxy) is 1. The average molecular weight is 359 g/mol. The second-order valence-corrected chi connectivity index (χ2v) is 8.70. The summed E-state index contributed by atoms with van der Waals surface area (Å²) in [6.45, 7) is 0. The number of methoxy groups -OCH3 is 1. The Morgan fingerprint density at radius 2 is 1.74 bits per heavy atom. The van der Waals surface area contributed by atoms with E-state index in [9.17, 15) is 0 Å². The fourth-order valence-electron chi connectivity index (χ4n) is 2.14. The molecule has 0 amide bonds. The molecule has 0 aliphatic rings. The molecule has 118 valence electrons. The van der Waals surface area contributed by atoms with Crippen molar-refractivity contribution in [3.05, 3.63) is 83.2 Å². The summed E-state index contributed by atoms with van der Waals surface area (Å²) in [6.07, 6.45) is 0. The van der Waals surface area contributed by atoms with Crippen LogP contribution >= 0.6 is 34.9 Å². The lowest BCUT2D eigenvalue weighted by Gasteiger charge is -2.16. The molecule has 0 spiro atoms. The van der Waals surface area contributed by atoms with E-state index >= 15 is 0 Å². The molecule has 0 saturated heterocycles. The van der Waals surface area contributed by atoms with Gasteiger partial charge in [-0.25, -0.2) is 0 Å². The van der Waals surface area contributed by atoms with Gasteiger partial charge in [-0.15, -0.1) is 23.1 Å². The molecule has 1 atom stereocenters.